The summed E-state index contributed by atoms with van der Waals surface area (Å²) in [6.45, 7) is 5.76. The fourth-order valence-electron chi connectivity index (χ4n) is 2.85. The molecule has 1 amide bonds. The van der Waals surface area contributed by atoms with Gasteiger partial charge in [-0.15, -0.1) is 0 Å². The van der Waals surface area contributed by atoms with E-state index < -0.39 is 17.7 Å². The standard InChI is InChI=1S/C26H27NO5/c1-26(2,3)32-25(29)27-23-15-14-21(30-17-19-10-6-4-7-11-19)16-22(23)24(28)31-18-20-12-8-5-9-13-20/h4-16H,17-18H2,1-3H3,(H,27,29). The fourth-order valence-corrected chi connectivity index (χ4v) is 2.85. The molecule has 0 aliphatic carbocycles. The highest BCUT2D eigenvalue weighted by atomic mass is 16.6. The lowest BCUT2D eigenvalue weighted by Crippen LogP contribution is -2.27. The van der Waals surface area contributed by atoms with Crippen LogP contribution < -0.4 is 10.1 Å². The first kappa shape index (κ1) is 22.9. The lowest BCUT2D eigenvalue weighted by atomic mass is 10.1. The van der Waals surface area contributed by atoms with E-state index in [9.17, 15) is 9.59 Å². The zero-order valence-corrected chi connectivity index (χ0v) is 18.5. The topological polar surface area (TPSA) is 73.9 Å². The Kier molecular flexibility index (Phi) is 7.49. The van der Waals surface area contributed by atoms with E-state index in [-0.39, 0.29) is 17.9 Å². The minimum Gasteiger partial charge on any atom is -0.489 e. The van der Waals surface area contributed by atoms with Crippen LogP contribution in [-0.4, -0.2) is 17.7 Å². The van der Waals surface area contributed by atoms with Crippen molar-refractivity contribution in [3.63, 3.8) is 0 Å². The van der Waals surface area contributed by atoms with Gasteiger partial charge in [0, 0.05) is 0 Å². The predicted molar refractivity (Wildman–Crippen MR) is 123 cm³/mol. The quantitative estimate of drug-likeness (QED) is 0.465. The molecule has 0 heterocycles. The average Bonchev–Trinajstić information content (AvgIpc) is 2.77. The van der Waals surface area contributed by atoms with Crippen molar-refractivity contribution in [2.75, 3.05) is 5.32 Å². The fraction of sp³-hybridized carbons (Fsp3) is 0.231. The summed E-state index contributed by atoms with van der Waals surface area (Å²) < 4.78 is 16.6. The van der Waals surface area contributed by atoms with E-state index in [1.807, 2.05) is 60.7 Å². The number of hydrogen-bond acceptors (Lipinski definition) is 5. The van der Waals surface area contributed by atoms with Crippen LogP contribution in [-0.2, 0) is 22.7 Å². The molecule has 0 saturated heterocycles. The van der Waals surface area contributed by atoms with E-state index in [0.29, 0.717) is 12.4 Å². The van der Waals surface area contributed by atoms with Gasteiger partial charge < -0.3 is 14.2 Å². The molecule has 3 rings (SSSR count). The van der Waals surface area contributed by atoms with Gasteiger partial charge in [0.1, 0.15) is 24.6 Å². The second kappa shape index (κ2) is 10.5. The molecule has 3 aromatic carbocycles. The van der Waals surface area contributed by atoms with E-state index in [0.717, 1.165) is 11.1 Å². The summed E-state index contributed by atoms with van der Waals surface area (Å²) in [5, 5.41) is 2.63. The molecule has 6 heteroatoms. The van der Waals surface area contributed by atoms with Gasteiger partial charge in [0.15, 0.2) is 0 Å². The van der Waals surface area contributed by atoms with Crippen LogP contribution in [0.2, 0.25) is 0 Å². The van der Waals surface area contributed by atoms with Crippen molar-refractivity contribution in [1.82, 2.24) is 0 Å². The first-order valence-corrected chi connectivity index (χ1v) is 10.3. The van der Waals surface area contributed by atoms with Crippen molar-refractivity contribution >= 4 is 17.7 Å². The van der Waals surface area contributed by atoms with Gasteiger partial charge in [0.2, 0.25) is 0 Å². The number of hydrogen-bond donors (Lipinski definition) is 1. The Morgan fingerprint density at radius 3 is 2.00 bits per heavy atom. The van der Waals surface area contributed by atoms with Crippen LogP contribution in [0.4, 0.5) is 10.5 Å². The molecule has 0 radical (unpaired) electrons. The van der Waals surface area contributed by atoms with Gasteiger partial charge in [0.25, 0.3) is 0 Å². The average molecular weight is 434 g/mol. The molecule has 0 spiro atoms. The van der Waals surface area contributed by atoms with Gasteiger partial charge in [-0.3, -0.25) is 5.32 Å². The highest BCUT2D eigenvalue weighted by Gasteiger charge is 2.20. The largest absolute Gasteiger partial charge is 0.489 e. The Balaban J connectivity index is 1.77. The summed E-state index contributed by atoms with van der Waals surface area (Å²) in [7, 11) is 0. The van der Waals surface area contributed by atoms with E-state index in [4.69, 9.17) is 14.2 Å². The third-order valence-corrected chi connectivity index (χ3v) is 4.31. The summed E-state index contributed by atoms with van der Waals surface area (Å²) in [5.41, 5.74) is 1.65. The van der Waals surface area contributed by atoms with Crippen LogP contribution in [0, 0.1) is 0 Å². The number of amides is 1. The molecule has 166 valence electrons. The third-order valence-electron chi connectivity index (χ3n) is 4.31. The summed E-state index contributed by atoms with van der Waals surface area (Å²) >= 11 is 0. The maximum Gasteiger partial charge on any atom is 0.412 e. The maximum absolute atomic E-state index is 12.9. The number of carbonyl (C=O) groups excluding carboxylic acids is 2. The minimum absolute atomic E-state index is 0.112. The minimum atomic E-state index is -0.670. The van der Waals surface area contributed by atoms with Gasteiger partial charge in [-0.05, 0) is 50.1 Å². The van der Waals surface area contributed by atoms with E-state index in [1.54, 1.807) is 39.0 Å². The number of ether oxygens (including phenoxy) is 3. The Hall–Kier alpha value is -3.80. The second-order valence-electron chi connectivity index (χ2n) is 8.17. The monoisotopic (exact) mass is 433 g/mol. The maximum atomic E-state index is 12.9. The molecule has 32 heavy (non-hydrogen) atoms. The normalized spacial score (nSPS) is 10.8. The Morgan fingerprint density at radius 1 is 0.812 bits per heavy atom. The second-order valence-corrected chi connectivity index (χ2v) is 8.17. The Morgan fingerprint density at radius 2 is 1.41 bits per heavy atom. The molecule has 3 aromatic rings. The van der Waals surface area contributed by atoms with Gasteiger partial charge in [-0.1, -0.05) is 60.7 Å². The molecule has 0 aliphatic rings. The number of rotatable bonds is 7. The highest BCUT2D eigenvalue weighted by Crippen LogP contribution is 2.25. The number of carbonyl (C=O) groups is 2. The number of benzene rings is 3. The van der Waals surface area contributed by atoms with Gasteiger partial charge in [-0.2, -0.15) is 0 Å². The third kappa shape index (κ3) is 7.16. The molecule has 0 unspecified atom stereocenters. The number of nitrogens with one attached hydrogen (secondary N) is 1. The van der Waals surface area contributed by atoms with E-state index in [2.05, 4.69) is 5.32 Å². The predicted octanol–water partition coefficient (Wildman–Crippen LogP) is 5.97. The molecule has 0 bridgehead atoms. The summed E-state index contributed by atoms with van der Waals surface area (Å²) in [4.78, 5) is 25.1. The van der Waals surface area contributed by atoms with Crippen molar-refractivity contribution in [2.45, 2.75) is 39.6 Å². The van der Waals surface area contributed by atoms with Gasteiger partial charge in [-0.25, -0.2) is 9.59 Å². The molecule has 0 aromatic heterocycles. The van der Waals surface area contributed by atoms with Crippen LogP contribution in [0.5, 0.6) is 5.75 Å². The van der Waals surface area contributed by atoms with Crippen LogP contribution in [0.3, 0.4) is 0 Å². The number of esters is 1. The van der Waals surface area contributed by atoms with E-state index in [1.165, 1.54) is 0 Å². The van der Waals surface area contributed by atoms with Gasteiger partial charge >= 0.3 is 12.1 Å². The van der Waals surface area contributed by atoms with Crippen molar-refractivity contribution in [1.29, 1.82) is 0 Å². The molecule has 0 fully saturated rings. The van der Waals surface area contributed by atoms with Gasteiger partial charge in [0.05, 0.1) is 11.3 Å². The summed E-state index contributed by atoms with van der Waals surface area (Å²) in [6.07, 6.45) is -0.660. The lowest BCUT2D eigenvalue weighted by Gasteiger charge is -2.20. The molecular formula is C26H27NO5. The van der Waals surface area contributed by atoms with Crippen LogP contribution in [0.1, 0.15) is 42.3 Å². The summed E-state index contributed by atoms with van der Waals surface area (Å²) in [6, 6.07) is 23.9. The number of anilines is 1. The molecule has 0 atom stereocenters. The Bertz CT molecular complexity index is 1040. The molecule has 0 aliphatic heterocycles. The molecule has 1 N–H and O–H groups in total. The summed E-state index contributed by atoms with van der Waals surface area (Å²) in [5.74, 6) is -0.0969. The smallest absolute Gasteiger partial charge is 0.412 e. The van der Waals surface area contributed by atoms with Crippen LogP contribution >= 0.6 is 0 Å². The SMILES string of the molecule is CC(C)(C)OC(=O)Nc1ccc(OCc2ccccc2)cc1C(=O)OCc1ccccc1. The molecular weight excluding hydrogens is 406 g/mol. The van der Waals surface area contributed by atoms with E-state index >= 15 is 0 Å². The van der Waals surface area contributed by atoms with Crippen LogP contribution in [0.25, 0.3) is 0 Å². The highest BCUT2D eigenvalue weighted by molar-refractivity contribution is 6.00. The van der Waals surface area contributed by atoms with Crippen molar-refractivity contribution < 1.29 is 23.8 Å². The van der Waals surface area contributed by atoms with Crippen molar-refractivity contribution in [3.8, 4) is 5.75 Å². The van der Waals surface area contributed by atoms with Crippen molar-refractivity contribution in [2.24, 2.45) is 0 Å². The first-order chi connectivity index (χ1) is 15.3. The lowest BCUT2D eigenvalue weighted by molar-refractivity contribution is 0.0473. The molecule has 0 saturated carbocycles. The zero-order chi connectivity index (χ0) is 23.0. The van der Waals surface area contributed by atoms with Crippen LogP contribution in [0.15, 0.2) is 78.9 Å². The Labute approximate surface area is 188 Å². The first-order valence-electron chi connectivity index (χ1n) is 10.3. The molecule has 6 nitrogen and oxygen atoms in total. The zero-order valence-electron chi connectivity index (χ0n) is 18.5. The van der Waals surface area contributed by atoms with Crippen molar-refractivity contribution in [3.05, 3.63) is 95.6 Å².